The molecular formula is C14H25NO3. The topological polar surface area (TPSA) is 49.8 Å². The molecule has 0 amide bonds. The third-order valence-electron chi connectivity index (χ3n) is 4.29. The van der Waals surface area contributed by atoms with E-state index in [0.717, 1.165) is 51.6 Å². The van der Waals surface area contributed by atoms with Gasteiger partial charge >= 0.3 is 5.97 Å². The van der Waals surface area contributed by atoms with Gasteiger partial charge in [-0.05, 0) is 38.6 Å². The molecule has 0 spiro atoms. The molecule has 1 atom stereocenters. The summed E-state index contributed by atoms with van der Waals surface area (Å²) in [5.41, 5.74) is 0. The molecule has 1 N–H and O–H groups in total. The summed E-state index contributed by atoms with van der Waals surface area (Å²) in [7, 11) is 2.08. The number of hydrogen-bond acceptors (Lipinski definition) is 4. The van der Waals surface area contributed by atoms with Crippen molar-refractivity contribution in [3.8, 4) is 0 Å². The zero-order valence-corrected chi connectivity index (χ0v) is 11.3. The molecule has 1 saturated carbocycles. The van der Waals surface area contributed by atoms with E-state index in [0.29, 0.717) is 0 Å². The second kappa shape index (κ2) is 6.53. The molecule has 0 aromatic heterocycles. The third kappa shape index (κ3) is 3.69. The minimum atomic E-state index is -0.898. The minimum absolute atomic E-state index is 0.00643. The Kier molecular flexibility index (Phi) is 5.01. The summed E-state index contributed by atoms with van der Waals surface area (Å²) in [6, 6.07) is 0. The maximum absolute atomic E-state index is 11.9. The molecule has 1 aliphatic heterocycles. The van der Waals surface area contributed by atoms with Crippen LogP contribution in [0.5, 0.6) is 0 Å². The van der Waals surface area contributed by atoms with Gasteiger partial charge in [-0.25, -0.2) is 4.79 Å². The maximum Gasteiger partial charge on any atom is 0.335 e. The number of aliphatic hydroxyl groups excluding tert-OH is 1. The van der Waals surface area contributed by atoms with E-state index < -0.39 is 12.1 Å². The first kappa shape index (κ1) is 13.8. The van der Waals surface area contributed by atoms with E-state index in [9.17, 15) is 9.90 Å². The van der Waals surface area contributed by atoms with E-state index in [1.807, 2.05) is 0 Å². The van der Waals surface area contributed by atoms with Gasteiger partial charge in [-0.2, -0.15) is 0 Å². The molecule has 2 rings (SSSR count). The van der Waals surface area contributed by atoms with Crippen molar-refractivity contribution >= 4 is 5.97 Å². The number of hydrogen-bond donors (Lipinski definition) is 1. The van der Waals surface area contributed by atoms with Crippen molar-refractivity contribution in [1.29, 1.82) is 0 Å². The van der Waals surface area contributed by atoms with Gasteiger partial charge in [0.2, 0.25) is 0 Å². The number of ether oxygens (including phenoxy) is 1. The number of esters is 1. The Bertz CT molecular complexity index is 268. The van der Waals surface area contributed by atoms with Crippen LogP contribution in [-0.2, 0) is 9.53 Å². The number of carbonyl (C=O) groups excluding carboxylic acids is 1. The Labute approximate surface area is 109 Å². The van der Waals surface area contributed by atoms with Crippen molar-refractivity contribution in [2.75, 3.05) is 20.1 Å². The molecule has 104 valence electrons. The first-order chi connectivity index (χ1) is 8.66. The monoisotopic (exact) mass is 255 g/mol. The van der Waals surface area contributed by atoms with Crippen LogP contribution in [0.25, 0.3) is 0 Å². The number of nitrogens with zero attached hydrogens (tertiary/aromatic N) is 1. The van der Waals surface area contributed by atoms with Crippen LogP contribution in [0, 0.1) is 5.92 Å². The second-order valence-electron chi connectivity index (χ2n) is 5.78. The maximum atomic E-state index is 11.9. The van der Waals surface area contributed by atoms with E-state index >= 15 is 0 Å². The zero-order chi connectivity index (χ0) is 13.0. The Morgan fingerprint density at radius 2 is 1.78 bits per heavy atom. The third-order valence-corrected chi connectivity index (χ3v) is 4.29. The van der Waals surface area contributed by atoms with E-state index in [-0.39, 0.29) is 12.0 Å². The molecule has 1 saturated heterocycles. The summed E-state index contributed by atoms with van der Waals surface area (Å²) >= 11 is 0. The molecule has 18 heavy (non-hydrogen) atoms. The lowest BCUT2D eigenvalue weighted by atomic mass is 9.85. The normalized spacial score (nSPS) is 25.9. The van der Waals surface area contributed by atoms with Crippen molar-refractivity contribution in [3.63, 3.8) is 0 Å². The predicted molar refractivity (Wildman–Crippen MR) is 69.2 cm³/mol. The second-order valence-corrected chi connectivity index (χ2v) is 5.78. The van der Waals surface area contributed by atoms with Gasteiger partial charge in [0, 0.05) is 13.1 Å². The molecule has 0 aromatic carbocycles. The number of aliphatic hydroxyl groups is 1. The molecule has 1 aliphatic carbocycles. The molecule has 1 heterocycles. The lowest BCUT2D eigenvalue weighted by Gasteiger charge is -2.31. The van der Waals surface area contributed by atoms with Crippen molar-refractivity contribution in [1.82, 2.24) is 4.90 Å². The summed E-state index contributed by atoms with van der Waals surface area (Å²) in [5, 5.41) is 10.0. The van der Waals surface area contributed by atoms with Gasteiger partial charge in [-0.15, -0.1) is 0 Å². The average Bonchev–Trinajstić information content (AvgIpc) is 2.41. The van der Waals surface area contributed by atoms with Crippen LogP contribution in [-0.4, -0.2) is 48.3 Å². The largest absolute Gasteiger partial charge is 0.460 e. The molecule has 0 aromatic rings. The molecule has 4 nitrogen and oxygen atoms in total. The number of carbonyl (C=O) groups is 1. The Balaban J connectivity index is 1.76. The minimum Gasteiger partial charge on any atom is -0.460 e. The van der Waals surface area contributed by atoms with E-state index in [2.05, 4.69) is 11.9 Å². The standard InChI is InChI=1S/C14H25NO3/c1-15-9-7-12(8-10-15)18-14(17)13(16)11-5-3-2-4-6-11/h11-13,16H,2-10H2,1H3. The summed E-state index contributed by atoms with van der Waals surface area (Å²) in [5.74, 6) is -0.269. The molecule has 2 fully saturated rings. The Morgan fingerprint density at radius 1 is 1.17 bits per heavy atom. The Morgan fingerprint density at radius 3 is 2.39 bits per heavy atom. The quantitative estimate of drug-likeness (QED) is 0.778. The SMILES string of the molecule is CN1CCC(OC(=O)C(O)C2CCCCC2)CC1. The fourth-order valence-electron chi connectivity index (χ4n) is 2.98. The van der Waals surface area contributed by atoms with Crippen LogP contribution in [0.2, 0.25) is 0 Å². The van der Waals surface area contributed by atoms with Crippen molar-refractivity contribution in [2.24, 2.45) is 5.92 Å². The average molecular weight is 255 g/mol. The van der Waals surface area contributed by atoms with Gasteiger partial charge in [0.1, 0.15) is 6.10 Å². The van der Waals surface area contributed by atoms with E-state index in [4.69, 9.17) is 4.74 Å². The van der Waals surface area contributed by atoms with Gasteiger partial charge in [-0.3, -0.25) is 0 Å². The van der Waals surface area contributed by atoms with Crippen LogP contribution < -0.4 is 0 Å². The van der Waals surface area contributed by atoms with Crippen LogP contribution in [0.1, 0.15) is 44.9 Å². The van der Waals surface area contributed by atoms with Gasteiger partial charge in [0.15, 0.2) is 6.10 Å². The smallest absolute Gasteiger partial charge is 0.335 e. The summed E-state index contributed by atoms with van der Waals surface area (Å²) in [6.07, 6.45) is 6.30. The van der Waals surface area contributed by atoms with E-state index in [1.54, 1.807) is 0 Å². The highest BCUT2D eigenvalue weighted by molar-refractivity contribution is 5.75. The first-order valence-electron chi connectivity index (χ1n) is 7.24. The molecule has 4 heteroatoms. The number of likely N-dealkylation sites (tertiary alicyclic amines) is 1. The Hall–Kier alpha value is -0.610. The van der Waals surface area contributed by atoms with Gasteiger partial charge in [0.25, 0.3) is 0 Å². The van der Waals surface area contributed by atoms with Crippen molar-refractivity contribution in [2.45, 2.75) is 57.2 Å². The van der Waals surface area contributed by atoms with Gasteiger partial charge < -0.3 is 14.7 Å². The number of piperidine rings is 1. The van der Waals surface area contributed by atoms with Crippen LogP contribution in [0.3, 0.4) is 0 Å². The highest BCUT2D eigenvalue weighted by Crippen LogP contribution is 2.27. The van der Waals surface area contributed by atoms with Crippen molar-refractivity contribution in [3.05, 3.63) is 0 Å². The predicted octanol–water partition coefficient (Wildman–Crippen LogP) is 1.56. The van der Waals surface area contributed by atoms with E-state index in [1.165, 1.54) is 6.42 Å². The highest BCUT2D eigenvalue weighted by Gasteiger charge is 2.31. The van der Waals surface area contributed by atoms with Crippen molar-refractivity contribution < 1.29 is 14.6 Å². The van der Waals surface area contributed by atoms with Gasteiger partial charge in [-0.1, -0.05) is 19.3 Å². The molecule has 2 aliphatic rings. The van der Waals surface area contributed by atoms with Gasteiger partial charge in [0.05, 0.1) is 0 Å². The summed E-state index contributed by atoms with van der Waals surface area (Å²) < 4.78 is 5.44. The van der Waals surface area contributed by atoms with Crippen LogP contribution in [0.4, 0.5) is 0 Å². The zero-order valence-electron chi connectivity index (χ0n) is 11.3. The fourth-order valence-corrected chi connectivity index (χ4v) is 2.98. The number of rotatable bonds is 3. The lowest BCUT2D eigenvalue weighted by molar-refractivity contribution is -0.164. The summed E-state index contributed by atoms with van der Waals surface area (Å²) in [6.45, 7) is 1.94. The molecule has 1 unspecified atom stereocenters. The molecular weight excluding hydrogens is 230 g/mol. The highest BCUT2D eigenvalue weighted by atomic mass is 16.6. The molecule has 0 bridgehead atoms. The summed E-state index contributed by atoms with van der Waals surface area (Å²) in [4.78, 5) is 14.1. The lowest BCUT2D eigenvalue weighted by Crippen LogP contribution is -2.39. The first-order valence-corrected chi connectivity index (χ1v) is 7.24. The fraction of sp³-hybridized carbons (Fsp3) is 0.929. The van der Waals surface area contributed by atoms with Crippen LogP contribution >= 0.6 is 0 Å². The van der Waals surface area contributed by atoms with Crippen LogP contribution in [0.15, 0.2) is 0 Å². The molecule has 0 radical (unpaired) electrons.